The Hall–Kier alpha value is -0.120. The lowest BCUT2D eigenvalue weighted by Gasteiger charge is -2.41. The van der Waals surface area contributed by atoms with E-state index in [1.165, 1.54) is 51.4 Å². The summed E-state index contributed by atoms with van der Waals surface area (Å²) in [5.74, 6) is 0. The van der Waals surface area contributed by atoms with Gasteiger partial charge in [-0.15, -0.1) is 0 Å². The second-order valence-electron chi connectivity index (χ2n) is 6.71. The smallest absolute Gasteiger partial charge is 0.0731 e. The molecule has 2 aliphatic carbocycles. The largest absolute Gasteiger partial charge is 0.375 e. The lowest BCUT2D eigenvalue weighted by Crippen LogP contribution is -2.47. The molecule has 3 heteroatoms. The van der Waals surface area contributed by atoms with E-state index in [1.807, 2.05) is 0 Å². The third-order valence-electron chi connectivity index (χ3n) is 5.40. The molecule has 110 valence electrons. The van der Waals surface area contributed by atoms with E-state index in [-0.39, 0.29) is 5.60 Å². The van der Waals surface area contributed by atoms with Crippen molar-refractivity contribution in [3.63, 3.8) is 0 Å². The van der Waals surface area contributed by atoms with Gasteiger partial charge in [0.2, 0.25) is 0 Å². The summed E-state index contributed by atoms with van der Waals surface area (Å²) in [5, 5.41) is 3.45. The highest BCUT2D eigenvalue weighted by Crippen LogP contribution is 2.41. The van der Waals surface area contributed by atoms with Crippen molar-refractivity contribution in [1.29, 1.82) is 0 Å². The normalized spacial score (nSPS) is 38.7. The Balaban J connectivity index is 1.56. The molecule has 1 saturated heterocycles. The molecule has 3 fully saturated rings. The molecule has 0 bridgehead atoms. The second kappa shape index (κ2) is 6.11. The van der Waals surface area contributed by atoms with E-state index in [9.17, 15) is 0 Å². The summed E-state index contributed by atoms with van der Waals surface area (Å²) in [7, 11) is 2.08. The van der Waals surface area contributed by atoms with Gasteiger partial charge in [-0.05, 0) is 39.2 Å². The van der Waals surface area contributed by atoms with Crippen LogP contribution in [0.15, 0.2) is 0 Å². The van der Waals surface area contributed by atoms with Crippen LogP contribution in [0.5, 0.6) is 0 Å². The highest BCUT2D eigenvalue weighted by molar-refractivity contribution is 4.92. The Morgan fingerprint density at radius 1 is 1.05 bits per heavy atom. The Morgan fingerprint density at radius 2 is 1.84 bits per heavy atom. The van der Waals surface area contributed by atoms with Crippen molar-refractivity contribution in [2.45, 2.75) is 88.1 Å². The lowest BCUT2D eigenvalue weighted by molar-refractivity contribution is -0.152. The molecule has 19 heavy (non-hydrogen) atoms. The maximum atomic E-state index is 6.48. The number of hydrogen-bond acceptors (Lipinski definition) is 3. The summed E-state index contributed by atoms with van der Waals surface area (Å²) >= 11 is 0. The van der Waals surface area contributed by atoms with Crippen molar-refractivity contribution in [2.24, 2.45) is 0 Å². The van der Waals surface area contributed by atoms with E-state index in [2.05, 4.69) is 12.4 Å². The van der Waals surface area contributed by atoms with Gasteiger partial charge in [0.25, 0.3) is 0 Å². The summed E-state index contributed by atoms with van der Waals surface area (Å²) < 4.78 is 12.6. The Bertz CT molecular complexity index is 288. The number of ether oxygens (including phenoxy) is 2. The predicted octanol–water partition coefficient (Wildman–Crippen LogP) is 3.03. The van der Waals surface area contributed by atoms with Crippen LogP contribution in [0.4, 0.5) is 0 Å². The first-order valence-corrected chi connectivity index (χ1v) is 8.28. The lowest BCUT2D eigenvalue weighted by atomic mass is 9.89. The first-order chi connectivity index (χ1) is 9.31. The molecule has 2 saturated carbocycles. The molecular formula is C16H29NO2. The molecule has 0 aromatic heterocycles. The van der Waals surface area contributed by atoms with Gasteiger partial charge in [-0.25, -0.2) is 0 Å². The van der Waals surface area contributed by atoms with Crippen LogP contribution in [0.2, 0.25) is 0 Å². The van der Waals surface area contributed by atoms with Crippen LogP contribution in [0.1, 0.15) is 64.2 Å². The molecule has 1 N–H and O–H groups in total. The van der Waals surface area contributed by atoms with Crippen LogP contribution in [0, 0.1) is 0 Å². The van der Waals surface area contributed by atoms with Gasteiger partial charge in [-0.2, -0.15) is 0 Å². The molecule has 3 nitrogen and oxygen atoms in total. The monoisotopic (exact) mass is 267 g/mol. The van der Waals surface area contributed by atoms with E-state index in [0.717, 1.165) is 19.4 Å². The van der Waals surface area contributed by atoms with Crippen molar-refractivity contribution in [1.82, 2.24) is 5.32 Å². The zero-order chi connectivity index (χ0) is 13.1. The molecule has 1 aliphatic heterocycles. The van der Waals surface area contributed by atoms with E-state index in [1.54, 1.807) is 0 Å². The Labute approximate surface area is 117 Å². The Morgan fingerprint density at radius 3 is 2.63 bits per heavy atom. The van der Waals surface area contributed by atoms with Crippen LogP contribution in [0.3, 0.4) is 0 Å². The van der Waals surface area contributed by atoms with Gasteiger partial charge < -0.3 is 14.8 Å². The highest BCUT2D eigenvalue weighted by Gasteiger charge is 2.41. The van der Waals surface area contributed by atoms with Crippen molar-refractivity contribution >= 4 is 0 Å². The minimum atomic E-state index is 0.187. The van der Waals surface area contributed by atoms with Crippen LogP contribution in [-0.4, -0.2) is 37.5 Å². The van der Waals surface area contributed by atoms with Crippen LogP contribution in [0.25, 0.3) is 0 Å². The van der Waals surface area contributed by atoms with Gasteiger partial charge in [0.15, 0.2) is 0 Å². The summed E-state index contributed by atoms with van der Waals surface area (Å²) in [6.45, 7) is 0.904. The maximum Gasteiger partial charge on any atom is 0.0731 e. The van der Waals surface area contributed by atoms with E-state index in [4.69, 9.17) is 9.47 Å². The maximum absolute atomic E-state index is 6.48. The van der Waals surface area contributed by atoms with Crippen molar-refractivity contribution in [3.8, 4) is 0 Å². The highest BCUT2D eigenvalue weighted by atomic mass is 16.5. The fraction of sp³-hybridized carbons (Fsp3) is 1.00. The van der Waals surface area contributed by atoms with Crippen molar-refractivity contribution in [2.75, 3.05) is 13.7 Å². The van der Waals surface area contributed by atoms with Gasteiger partial charge in [-0.3, -0.25) is 0 Å². The molecule has 1 spiro atoms. The zero-order valence-corrected chi connectivity index (χ0v) is 12.3. The number of rotatable bonds is 3. The predicted molar refractivity (Wildman–Crippen MR) is 76.4 cm³/mol. The van der Waals surface area contributed by atoms with Crippen LogP contribution < -0.4 is 5.32 Å². The second-order valence-corrected chi connectivity index (χ2v) is 6.71. The molecule has 3 rings (SSSR count). The molecule has 0 amide bonds. The molecule has 0 radical (unpaired) electrons. The summed E-state index contributed by atoms with van der Waals surface area (Å²) in [4.78, 5) is 0. The fourth-order valence-corrected chi connectivity index (χ4v) is 4.30. The van der Waals surface area contributed by atoms with Crippen LogP contribution in [-0.2, 0) is 9.47 Å². The van der Waals surface area contributed by atoms with E-state index >= 15 is 0 Å². The molecule has 3 unspecified atom stereocenters. The topological polar surface area (TPSA) is 30.5 Å². The van der Waals surface area contributed by atoms with Gasteiger partial charge in [0.1, 0.15) is 0 Å². The molecule has 3 aliphatic rings. The minimum absolute atomic E-state index is 0.187. The molecule has 1 heterocycles. The average Bonchev–Trinajstić information content (AvgIpc) is 2.87. The average molecular weight is 267 g/mol. The number of nitrogens with one attached hydrogen (secondary N) is 1. The number of hydrogen-bond donors (Lipinski definition) is 1. The zero-order valence-electron chi connectivity index (χ0n) is 12.3. The summed E-state index contributed by atoms with van der Waals surface area (Å²) in [6.07, 6.45) is 13.5. The van der Waals surface area contributed by atoms with Gasteiger partial charge >= 0.3 is 0 Å². The standard InChI is InChI=1S/C16H29NO2/c1-17-14-6-2-3-7-15(14)19-13-8-11-18-16(12-13)9-4-5-10-16/h13-15,17H,2-12H2,1H3. The van der Waals surface area contributed by atoms with Crippen molar-refractivity contribution < 1.29 is 9.47 Å². The van der Waals surface area contributed by atoms with Crippen molar-refractivity contribution in [3.05, 3.63) is 0 Å². The van der Waals surface area contributed by atoms with Gasteiger partial charge in [0.05, 0.1) is 17.8 Å². The third kappa shape index (κ3) is 3.14. The number of likely N-dealkylation sites (N-methyl/N-ethyl adjacent to an activating group) is 1. The van der Waals surface area contributed by atoms with Gasteiger partial charge in [0, 0.05) is 19.1 Å². The third-order valence-corrected chi connectivity index (χ3v) is 5.40. The summed E-state index contributed by atoms with van der Waals surface area (Å²) in [5.41, 5.74) is 0.187. The molecule has 0 aromatic rings. The Kier molecular flexibility index (Phi) is 4.45. The first kappa shape index (κ1) is 13.8. The first-order valence-electron chi connectivity index (χ1n) is 8.28. The minimum Gasteiger partial charge on any atom is -0.375 e. The summed E-state index contributed by atoms with van der Waals surface area (Å²) in [6, 6.07) is 0.566. The van der Waals surface area contributed by atoms with E-state index in [0.29, 0.717) is 18.2 Å². The fourth-order valence-electron chi connectivity index (χ4n) is 4.30. The quantitative estimate of drug-likeness (QED) is 0.852. The van der Waals surface area contributed by atoms with Gasteiger partial charge in [-0.1, -0.05) is 25.7 Å². The SMILES string of the molecule is CNC1CCCCC1OC1CCOC2(CCCC2)C1. The molecule has 3 atom stereocenters. The molecule has 0 aromatic carbocycles. The molecular weight excluding hydrogens is 238 g/mol. The van der Waals surface area contributed by atoms with Crippen LogP contribution >= 0.6 is 0 Å². The van der Waals surface area contributed by atoms with E-state index < -0.39 is 0 Å².